The largest absolute Gasteiger partial charge is 0.480 e. The van der Waals surface area contributed by atoms with Gasteiger partial charge in [0.05, 0.1) is 0 Å². The normalized spacial score (nSPS) is 34.6. The van der Waals surface area contributed by atoms with Crippen LogP contribution < -0.4 is 5.32 Å². The van der Waals surface area contributed by atoms with Crippen LogP contribution in [0.15, 0.2) is 0 Å². The molecule has 14 heavy (non-hydrogen) atoms. The molecule has 0 amide bonds. The Labute approximate surface area is 84.9 Å². The van der Waals surface area contributed by atoms with Crippen molar-refractivity contribution in [1.29, 1.82) is 0 Å². The van der Waals surface area contributed by atoms with Crippen LogP contribution in [0.3, 0.4) is 0 Å². The Morgan fingerprint density at radius 2 is 1.86 bits per heavy atom. The van der Waals surface area contributed by atoms with Gasteiger partial charge in [0.25, 0.3) is 0 Å². The van der Waals surface area contributed by atoms with Crippen LogP contribution in [0.1, 0.15) is 38.5 Å². The molecule has 3 nitrogen and oxygen atoms in total. The maximum absolute atomic E-state index is 11.0. The molecule has 1 heterocycles. The van der Waals surface area contributed by atoms with E-state index in [-0.39, 0.29) is 6.04 Å². The van der Waals surface area contributed by atoms with Crippen molar-refractivity contribution in [2.45, 2.75) is 44.6 Å². The third-order valence-electron chi connectivity index (χ3n) is 3.79. The standard InChI is InChI=1S/C11H19NO2/c13-11(14)10-9(6-7-12-10)8-4-2-1-3-5-8/h8-10,12H,1-7H2,(H,13,14)/t9-,10+/m1/s1. The van der Waals surface area contributed by atoms with Gasteiger partial charge in [-0.3, -0.25) is 4.79 Å². The number of nitrogens with one attached hydrogen (secondary N) is 1. The molecule has 2 aliphatic rings. The number of hydrogen-bond acceptors (Lipinski definition) is 2. The molecule has 2 rings (SSSR count). The van der Waals surface area contributed by atoms with Gasteiger partial charge in [-0.25, -0.2) is 0 Å². The highest BCUT2D eigenvalue weighted by molar-refractivity contribution is 5.74. The predicted octanol–water partition coefficient (Wildman–Crippen LogP) is 1.63. The fourth-order valence-electron chi connectivity index (χ4n) is 3.06. The maximum atomic E-state index is 11.0. The molecule has 1 aliphatic carbocycles. The topological polar surface area (TPSA) is 49.3 Å². The Morgan fingerprint density at radius 1 is 1.14 bits per heavy atom. The van der Waals surface area contributed by atoms with Crippen LogP contribution in [0, 0.1) is 11.8 Å². The second-order valence-corrected chi connectivity index (χ2v) is 4.62. The molecule has 0 spiro atoms. The SMILES string of the molecule is O=C(O)[C@H]1NCC[C@@H]1C1CCCCC1. The van der Waals surface area contributed by atoms with Crippen molar-refractivity contribution in [3.8, 4) is 0 Å². The monoisotopic (exact) mass is 197 g/mol. The average molecular weight is 197 g/mol. The lowest BCUT2D eigenvalue weighted by Crippen LogP contribution is -2.38. The maximum Gasteiger partial charge on any atom is 0.320 e. The van der Waals surface area contributed by atoms with Gasteiger partial charge in [0.1, 0.15) is 6.04 Å². The molecule has 1 aliphatic heterocycles. The molecule has 2 fully saturated rings. The van der Waals surface area contributed by atoms with Crippen LogP contribution in [0.2, 0.25) is 0 Å². The number of carboxylic acid groups (broad SMARTS) is 1. The fourth-order valence-corrected chi connectivity index (χ4v) is 3.06. The summed E-state index contributed by atoms with van der Waals surface area (Å²) in [5.41, 5.74) is 0. The van der Waals surface area contributed by atoms with Gasteiger partial charge in [0.2, 0.25) is 0 Å². The van der Waals surface area contributed by atoms with E-state index in [1.54, 1.807) is 0 Å². The summed E-state index contributed by atoms with van der Waals surface area (Å²) < 4.78 is 0. The van der Waals surface area contributed by atoms with E-state index in [9.17, 15) is 4.79 Å². The lowest BCUT2D eigenvalue weighted by Gasteiger charge is -2.29. The van der Waals surface area contributed by atoms with E-state index in [4.69, 9.17) is 5.11 Å². The third kappa shape index (κ3) is 1.92. The van der Waals surface area contributed by atoms with Crippen LogP contribution in [0.25, 0.3) is 0 Å². The zero-order valence-corrected chi connectivity index (χ0v) is 8.54. The molecule has 0 unspecified atom stereocenters. The summed E-state index contributed by atoms with van der Waals surface area (Å²) in [7, 11) is 0. The third-order valence-corrected chi connectivity index (χ3v) is 3.79. The summed E-state index contributed by atoms with van der Waals surface area (Å²) in [6, 6.07) is -0.266. The number of carbonyl (C=O) groups is 1. The Hall–Kier alpha value is -0.570. The molecule has 1 saturated heterocycles. The average Bonchev–Trinajstić information content (AvgIpc) is 2.67. The first kappa shape index (κ1) is 9.97. The van der Waals surface area contributed by atoms with Crippen molar-refractivity contribution in [2.75, 3.05) is 6.54 Å². The van der Waals surface area contributed by atoms with Gasteiger partial charge in [0, 0.05) is 0 Å². The molecular formula is C11H19NO2. The van der Waals surface area contributed by atoms with Crippen molar-refractivity contribution in [3.63, 3.8) is 0 Å². The van der Waals surface area contributed by atoms with E-state index in [0.717, 1.165) is 13.0 Å². The van der Waals surface area contributed by atoms with E-state index in [0.29, 0.717) is 11.8 Å². The fraction of sp³-hybridized carbons (Fsp3) is 0.909. The van der Waals surface area contributed by atoms with Gasteiger partial charge in [-0.2, -0.15) is 0 Å². The summed E-state index contributed by atoms with van der Waals surface area (Å²) in [5.74, 6) is 0.408. The quantitative estimate of drug-likeness (QED) is 0.707. The van der Waals surface area contributed by atoms with E-state index in [1.165, 1.54) is 32.1 Å². The lowest BCUT2D eigenvalue weighted by molar-refractivity contribution is -0.140. The summed E-state index contributed by atoms with van der Waals surface area (Å²) >= 11 is 0. The van der Waals surface area contributed by atoms with E-state index in [1.807, 2.05) is 0 Å². The minimum Gasteiger partial charge on any atom is -0.480 e. The first-order valence-electron chi connectivity index (χ1n) is 5.75. The van der Waals surface area contributed by atoms with Gasteiger partial charge in [-0.1, -0.05) is 32.1 Å². The molecule has 0 bridgehead atoms. The van der Waals surface area contributed by atoms with Crippen LogP contribution in [0.5, 0.6) is 0 Å². The zero-order chi connectivity index (χ0) is 9.97. The predicted molar refractivity (Wildman–Crippen MR) is 54.1 cm³/mol. The molecule has 0 aromatic rings. The first-order chi connectivity index (χ1) is 6.79. The van der Waals surface area contributed by atoms with Gasteiger partial charge in [0.15, 0.2) is 0 Å². The number of hydrogen-bond donors (Lipinski definition) is 2. The molecule has 0 aromatic heterocycles. The Balaban J connectivity index is 1.97. The molecule has 0 radical (unpaired) electrons. The second-order valence-electron chi connectivity index (χ2n) is 4.62. The summed E-state index contributed by atoms with van der Waals surface area (Å²) in [6.07, 6.45) is 7.49. The van der Waals surface area contributed by atoms with Crippen molar-refractivity contribution in [1.82, 2.24) is 5.32 Å². The molecule has 2 atom stereocenters. The van der Waals surface area contributed by atoms with Crippen LogP contribution in [-0.4, -0.2) is 23.7 Å². The number of aliphatic carboxylic acids is 1. The smallest absolute Gasteiger partial charge is 0.320 e. The van der Waals surface area contributed by atoms with E-state index < -0.39 is 5.97 Å². The van der Waals surface area contributed by atoms with Gasteiger partial charge >= 0.3 is 5.97 Å². The minimum atomic E-state index is -0.655. The molecule has 3 heteroatoms. The molecule has 80 valence electrons. The number of rotatable bonds is 2. The first-order valence-corrected chi connectivity index (χ1v) is 5.75. The summed E-state index contributed by atoms with van der Waals surface area (Å²) in [6.45, 7) is 0.887. The molecular weight excluding hydrogens is 178 g/mol. The Kier molecular flexibility index (Phi) is 3.06. The van der Waals surface area contributed by atoms with E-state index >= 15 is 0 Å². The molecule has 2 N–H and O–H groups in total. The molecule has 1 saturated carbocycles. The Morgan fingerprint density at radius 3 is 2.50 bits per heavy atom. The highest BCUT2D eigenvalue weighted by Crippen LogP contribution is 2.35. The van der Waals surface area contributed by atoms with Crippen LogP contribution >= 0.6 is 0 Å². The van der Waals surface area contributed by atoms with Gasteiger partial charge in [-0.15, -0.1) is 0 Å². The highest BCUT2D eigenvalue weighted by atomic mass is 16.4. The van der Waals surface area contributed by atoms with Crippen molar-refractivity contribution >= 4 is 5.97 Å². The minimum absolute atomic E-state index is 0.266. The van der Waals surface area contributed by atoms with Crippen LogP contribution in [-0.2, 0) is 4.79 Å². The van der Waals surface area contributed by atoms with Gasteiger partial charge in [-0.05, 0) is 24.8 Å². The molecule has 0 aromatic carbocycles. The van der Waals surface area contributed by atoms with Crippen molar-refractivity contribution in [2.24, 2.45) is 11.8 Å². The van der Waals surface area contributed by atoms with Crippen molar-refractivity contribution in [3.05, 3.63) is 0 Å². The van der Waals surface area contributed by atoms with Crippen molar-refractivity contribution < 1.29 is 9.90 Å². The number of carboxylic acids is 1. The van der Waals surface area contributed by atoms with Gasteiger partial charge < -0.3 is 10.4 Å². The lowest BCUT2D eigenvalue weighted by atomic mass is 9.77. The zero-order valence-electron chi connectivity index (χ0n) is 8.54. The van der Waals surface area contributed by atoms with Crippen LogP contribution in [0.4, 0.5) is 0 Å². The Bertz CT molecular complexity index is 211. The van der Waals surface area contributed by atoms with E-state index in [2.05, 4.69) is 5.32 Å². The second kappa shape index (κ2) is 4.30. The highest BCUT2D eigenvalue weighted by Gasteiger charge is 2.37. The summed E-state index contributed by atoms with van der Waals surface area (Å²) in [5, 5.41) is 12.2. The summed E-state index contributed by atoms with van der Waals surface area (Å²) in [4.78, 5) is 11.0.